The molecule has 0 bridgehead atoms. The van der Waals surface area contributed by atoms with E-state index in [0.717, 1.165) is 12.1 Å². The predicted molar refractivity (Wildman–Crippen MR) is 74.7 cm³/mol. The topological polar surface area (TPSA) is 47.3 Å². The van der Waals surface area contributed by atoms with Crippen LogP contribution in [-0.2, 0) is 0 Å². The van der Waals surface area contributed by atoms with E-state index in [1.165, 1.54) is 7.11 Å². The van der Waals surface area contributed by atoms with Crippen molar-refractivity contribution in [3.8, 4) is 5.75 Å². The van der Waals surface area contributed by atoms with Crippen molar-refractivity contribution in [3.05, 3.63) is 46.4 Å². The van der Waals surface area contributed by atoms with Crippen LogP contribution in [0.2, 0.25) is 0 Å². The highest BCUT2D eigenvalue weighted by molar-refractivity contribution is 9.10. The lowest BCUT2D eigenvalue weighted by molar-refractivity contribution is 0.415. The molecule has 0 unspecified atom stereocenters. The SMILES string of the molecule is COc1ccc(N)c(Nc2cc(F)c(Br)cc2F)c1. The molecule has 0 amide bonds. The highest BCUT2D eigenvalue weighted by atomic mass is 79.9. The van der Waals surface area contributed by atoms with E-state index in [-0.39, 0.29) is 10.2 Å². The second-order valence-corrected chi connectivity index (χ2v) is 4.68. The van der Waals surface area contributed by atoms with Crippen molar-refractivity contribution >= 4 is 33.0 Å². The summed E-state index contributed by atoms with van der Waals surface area (Å²) < 4.78 is 32.2. The molecule has 6 heteroatoms. The zero-order valence-corrected chi connectivity index (χ0v) is 11.6. The van der Waals surface area contributed by atoms with Gasteiger partial charge in [-0.25, -0.2) is 8.78 Å². The number of hydrogen-bond acceptors (Lipinski definition) is 3. The summed E-state index contributed by atoms with van der Waals surface area (Å²) in [5.41, 5.74) is 6.62. The van der Waals surface area contributed by atoms with E-state index < -0.39 is 11.6 Å². The van der Waals surface area contributed by atoms with Crippen LogP contribution in [0, 0.1) is 11.6 Å². The summed E-state index contributed by atoms with van der Waals surface area (Å²) in [5, 5.41) is 2.74. The van der Waals surface area contributed by atoms with Gasteiger partial charge in [0.25, 0.3) is 0 Å². The van der Waals surface area contributed by atoms with E-state index in [9.17, 15) is 8.78 Å². The van der Waals surface area contributed by atoms with Crippen LogP contribution in [0.5, 0.6) is 5.75 Å². The minimum Gasteiger partial charge on any atom is -0.497 e. The first-order valence-electron chi connectivity index (χ1n) is 5.36. The van der Waals surface area contributed by atoms with Crippen LogP contribution >= 0.6 is 15.9 Å². The predicted octanol–water partition coefficient (Wildman–Crippen LogP) is 4.06. The largest absolute Gasteiger partial charge is 0.497 e. The maximum absolute atomic E-state index is 13.7. The van der Waals surface area contributed by atoms with Crippen molar-refractivity contribution < 1.29 is 13.5 Å². The number of rotatable bonds is 3. The first-order valence-corrected chi connectivity index (χ1v) is 6.15. The number of hydrogen-bond donors (Lipinski definition) is 2. The maximum atomic E-state index is 13.7. The van der Waals surface area contributed by atoms with Crippen molar-refractivity contribution in [1.82, 2.24) is 0 Å². The Hall–Kier alpha value is -1.82. The van der Waals surface area contributed by atoms with Gasteiger partial charge >= 0.3 is 0 Å². The lowest BCUT2D eigenvalue weighted by Gasteiger charge is -2.12. The summed E-state index contributed by atoms with van der Waals surface area (Å²) in [6.07, 6.45) is 0. The van der Waals surface area contributed by atoms with Crippen LogP contribution < -0.4 is 15.8 Å². The van der Waals surface area contributed by atoms with Crippen LogP contribution in [0.4, 0.5) is 25.8 Å². The zero-order chi connectivity index (χ0) is 14.0. The van der Waals surface area contributed by atoms with E-state index in [2.05, 4.69) is 21.2 Å². The van der Waals surface area contributed by atoms with Gasteiger partial charge in [0, 0.05) is 12.1 Å². The molecule has 2 rings (SSSR count). The molecule has 0 atom stereocenters. The lowest BCUT2D eigenvalue weighted by atomic mass is 10.2. The fourth-order valence-electron chi connectivity index (χ4n) is 1.53. The van der Waals surface area contributed by atoms with Gasteiger partial charge < -0.3 is 15.8 Å². The third kappa shape index (κ3) is 2.96. The molecule has 0 aliphatic carbocycles. The second-order valence-electron chi connectivity index (χ2n) is 3.82. The quantitative estimate of drug-likeness (QED) is 0.659. The molecule has 100 valence electrons. The van der Waals surface area contributed by atoms with Crippen LogP contribution in [0.25, 0.3) is 0 Å². The molecular weight excluding hydrogens is 318 g/mol. The summed E-state index contributed by atoms with van der Waals surface area (Å²) in [5.74, 6) is -0.587. The monoisotopic (exact) mass is 328 g/mol. The van der Waals surface area contributed by atoms with E-state index >= 15 is 0 Å². The van der Waals surface area contributed by atoms with Gasteiger partial charge in [0.2, 0.25) is 0 Å². The normalized spacial score (nSPS) is 10.3. The number of nitrogen functional groups attached to an aromatic ring is 1. The molecule has 19 heavy (non-hydrogen) atoms. The molecule has 2 aromatic carbocycles. The Kier molecular flexibility index (Phi) is 3.90. The van der Waals surface area contributed by atoms with Crippen molar-refractivity contribution in [3.63, 3.8) is 0 Å². The molecule has 2 aromatic rings. The van der Waals surface area contributed by atoms with Crippen LogP contribution in [0.1, 0.15) is 0 Å². The fourth-order valence-corrected chi connectivity index (χ4v) is 1.85. The van der Waals surface area contributed by atoms with Gasteiger partial charge in [-0.2, -0.15) is 0 Å². The lowest BCUT2D eigenvalue weighted by Crippen LogP contribution is -2.00. The van der Waals surface area contributed by atoms with Crippen LogP contribution in [-0.4, -0.2) is 7.11 Å². The Morgan fingerprint density at radius 3 is 2.53 bits per heavy atom. The summed E-state index contributed by atoms with van der Waals surface area (Å²) in [7, 11) is 1.51. The van der Waals surface area contributed by atoms with E-state index in [4.69, 9.17) is 10.5 Å². The molecule has 0 fully saturated rings. The van der Waals surface area contributed by atoms with E-state index in [0.29, 0.717) is 17.1 Å². The number of benzene rings is 2. The van der Waals surface area contributed by atoms with Crippen molar-refractivity contribution in [2.24, 2.45) is 0 Å². The molecule has 0 aromatic heterocycles. The Labute approximate surface area is 117 Å². The molecule has 3 nitrogen and oxygen atoms in total. The molecule has 0 radical (unpaired) electrons. The average Bonchev–Trinajstić information content (AvgIpc) is 2.38. The summed E-state index contributed by atoms with van der Waals surface area (Å²) in [6, 6.07) is 7.01. The highest BCUT2D eigenvalue weighted by Crippen LogP contribution is 2.30. The first-order chi connectivity index (χ1) is 9.01. The van der Waals surface area contributed by atoms with Gasteiger partial charge in [0.15, 0.2) is 0 Å². The van der Waals surface area contributed by atoms with Crippen LogP contribution in [0.15, 0.2) is 34.8 Å². The number of nitrogens with two attached hydrogens (primary N) is 1. The van der Waals surface area contributed by atoms with Gasteiger partial charge in [-0.05, 0) is 34.1 Å². The van der Waals surface area contributed by atoms with Gasteiger partial charge in [0.05, 0.1) is 28.6 Å². The summed E-state index contributed by atoms with van der Waals surface area (Å²) >= 11 is 2.92. The zero-order valence-electron chi connectivity index (χ0n) is 10.0. The smallest absolute Gasteiger partial charge is 0.147 e. The number of nitrogens with one attached hydrogen (secondary N) is 1. The highest BCUT2D eigenvalue weighted by Gasteiger charge is 2.10. The minimum atomic E-state index is -0.588. The summed E-state index contributed by atoms with van der Waals surface area (Å²) in [4.78, 5) is 0. The Morgan fingerprint density at radius 1 is 1.11 bits per heavy atom. The van der Waals surface area contributed by atoms with Gasteiger partial charge in [-0.3, -0.25) is 0 Å². The van der Waals surface area contributed by atoms with Crippen LogP contribution in [0.3, 0.4) is 0 Å². The molecular formula is C13H11BrF2N2O. The number of anilines is 3. The Balaban J connectivity index is 2.38. The van der Waals surface area contributed by atoms with E-state index in [1.807, 2.05) is 0 Å². The standard InChI is InChI=1S/C13H11BrF2N2O/c1-19-7-2-3-11(17)13(4-7)18-12-6-9(15)8(14)5-10(12)16/h2-6,18H,17H2,1H3. The molecule has 0 spiro atoms. The molecule has 0 aliphatic heterocycles. The average molecular weight is 329 g/mol. The van der Waals surface area contributed by atoms with E-state index in [1.54, 1.807) is 18.2 Å². The molecule has 3 N–H and O–H groups in total. The Bertz CT molecular complexity index is 620. The van der Waals surface area contributed by atoms with Gasteiger partial charge in [-0.15, -0.1) is 0 Å². The number of halogens is 3. The second kappa shape index (κ2) is 5.44. The molecule has 0 heterocycles. The number of ether oxygens (including phenoxy) is 1. The van der Waals surface area contributed by atoms with Crippen molar-refractivity contribution in [1.29, 1.82) is 0 Å². The van der Waals surface area contributed by atoms with Gasteiger partial charge in [-0.1, -0.05) is 0 Å². The molecule has 0 aliphatic rings. The fraction of sp³-hybridized carbons (Fsp3) is 0.0769. The number of methoxy groups -OCH3 is 1. The van der Waals surface area contributed by atoms with Crippen molar-refractivity contribution in [2.45, 2.75) is 0 Å². The summed E-state index contributed by atoms with van der Waals surface area (Å²) in [6.45, 7) is 0. The third-order valence-corrected chi connectivity index (χ3v) is 3.15. The molecule has 0 saturated carbocycles. The maximum Gasteiger partial charge on any atom is 0.147 e. The Morgan fingerprint density at radius 2 is 1.84 bits per heavy atom. The first kappa shape index (κ1) is 13.6. The van der Waals surface area contributed by atoms with Gasteiger partial charge in [0.1, 0.15) is 17.4 Å². The third-order valence-electron chi connectivity index (χ3n) is 2.54. The van der Waals surface area contributed by atoms with Crippen molar-refractivity contribution in [2.75, 3.05) is 18.2 Å². The molecule has 0 saturated heterocycles. The minimum absolute atomic E-state index is 0.000605.